The molecule has 1 aromatic heterocycles. The normalized spacial score (nSPS) is 17.2. The lowest BCUT2D eigenvalue weighted by molar-refractivity contribution is 0.392. The molecule has 0 radical (unpaired) electrons. The van der Waals surface area contributed by atoms with Crippen molar-refractivity contribution >= 4 is 5.95 Å². The monoisotopic (exact) mass is 248 g/mol. The van der Waals surface area contributed by atoms with Crippen molar-refractivity contribution in [2.75, 3.05) is 25.0 Å². The van der Waals surface area contributed by atoms with Gasteiger partial charge in [-0.3, -0.25) is 0 Å². The molecule has 0 saturated carbocycles. The van der Waals surface area contributed by atoms with E-state index in [9.17, 15) is 0 Å². The van der Waals surface area contributed by atoms with Gasteiger partial charge >= 0.3 is 0 Å². The number of piperidine rings is 1. The molecule has 0 bridgehead atoms. The van der Waals surface area contributed by atoms with Crippen molar-refractivity contribution in [3.8, 4) is 0 Å². The van der Waals surface area contributed by atoms with Gasteiger partial charge in [-0.05, 0) is 32.7 Å². The van der Waals surface area contributed by atoms with Crippen molar-refractivity contribution in [2.45, 2.75) is 39.7 Å². The summed E-state index contributed by atoms with van der Waals surface area (Å²) in [6.07, 6.45) is 5.81. The van der Waals surface area contributed by atoms with Gasteiger partial charge in [0, 0.05) is 37.1 Å². The van der Waals surface area contributed by atoms with E-state index in [-0.39, 0.29) is 0 Å². The van der Waals surface area contributed by atoms with Crippen molar-refractivity contribution in [1.82, 2.24) is 15.3 Å². The van der Waals surface area contributed by atoms with Crippen molar-refractivity contribution in [3.63, 3.8) is 0 Å². The first kappa shape index (κ1) is 13.3. The van der Waals surface area contributed by atoms with Crippen LogP contribution in [0.3, 0.4) is 0 Å². The largest absolute Gasteiger partial charge is 0.341 e. The van der Waals surface area contributed by atoms with Crippen molar-refractivity contribution in [3.05, 3.63) is 17.5 Å². The summed E-state index contributed by atoms with van der Waals surface area (Å²) in [5.74, 6) is 1.80. The number of hydrogen-bond acceptors (Lipinski definition) is 4. The highest BCUT2D eigenvalue weighted by Gasteiger charge is 2.19. The first-order chi connectivity index (χ1) is 8.74. The molecule has 1 saturated heterocycles. The minimum absolute atomic E-state index is 0.837. The zero-order valence-electron chi connectivity index (χ0n) is 11.7. The fourth-order valence-electron chi connectivity index (χ4n) is 2.54. The Morgan fingerprint density at radius 3 is 2.67 bits per heavy atom. The molecule has 18 heavy (non-hydrogen) atoms. The molecule has 1 aliphatic heterocycles. The summed E-state index contributed by atoms with van der Waals surface area (Å²) in [5.41, 5.74) is 2.27. The maximum absolute atomic E-state index is 4.64. The van der Waals surface area contributed by atoms with E-state index < -0.39 is 0 Å². The van der Waals surface area contributed by atoms with E-state index in [4.69, 9.17) is 0 Å². The molecule has 100 valence electrons. The first-order valence-electron chi connectivity index (χ1n) is 6.96. The number of nitrogens with zero attached hydrogens (tertiary/aromatic N) is 3. The lowest BCUT2D eigenvalue weighted by atomic mass is 9.95. The summed E-state index contributed by atoms with van der Waals surface area (Å²) in [6.45, 7) is 7.39. The second-order valence-corrected chi connectivity index (χ2v) is 5.15. The van der Waals surface area contributed by atoms with Crippen molar-refractivity contribution < 1.29 is 0 Å². The molecule has 1 aliphatic rings. The van der Waals surface area contributed by atoms with Crippen LogP contribution in [0.25, 0.3) is 0 Å². The Morgan fingerprint density at radius 1 is 1.39 bits per heavy atom. The molecule has 0 amide bonds. The van der Waals surface area contributed by atoms with Crippen LogP contribution in [0.5, 0.6) is 0 Å². The highest BCUT2D eigenvalue weighted by molar-refractivity contribution is 5.33. The summed E-state index contributed by atoms with van der Waals surface area (Å²) in [5, 5.41) is 3.14. The Kier molecular flexibility index (Phi) is 4.53. The fraction of sp³-hybridized carbons (Fsp3) is 0.714. The number of aryl methyl sites for hydroxylation is 1. The Bertz CT molecular complexity index is 383. The summed E-state index contributed by atoms with van der Waals surface area (Å²) in [6, 6.07) is 0. The van der Waals surface area contributed by atoms with Gasteiger partial charge in [-0.25, -0.2) is 9.97 Å². The summed E-state index contributed by atoms with van der Waals surface area (Å²) in [7, 11) is 1.95. The average Bonchev–Trinajstić information content (AvgIpc) is 2.41. The van der Waals surface area contributed by atoms with Crippen LogP contribution < -0.4 is 10.2 Å². The van der Waals surface area contributed by atoms with Crippen LogP contribution in [0.4, 0.5) is 5.95 Å². The lowest BCUT2D eigenvalue weighted by Crippen LogP contribution is -2.34. The number of aromatic nitrogens is 2. The van der Waals surface area contributed by atoms with Gasteiger partial charge < -0.3 is 10.2 Å². The van der Waals surface area contributed by atoms with Gasteiger partial charge in [0.05, 0.1) is 0 Å². The molecule has 2 heterocycles. The van der Waals surface area contributed by atoms with Crippen LogP contribution in [-0.4, -0.2) is 30.1 Å². The second kappa shape index (κ2) is 6.14. The van der Waals surface area contributed by atoms with Gasteiger partial charge in [0.2, 0.25) is 5.95 Å². The van der Waals surface area contributed by atoms with E-state index >= 15 is 0 Å². The molecule has 2 rings (SSSR count). The minimum atomic E-state index is 0.837. The highest BCUT2D eigenvalue weighted by Crippen LogP contribution is 2.23. The molecule has 0 aromatic carbocycles. The maximum atomic E-state index is 4.64. The van der Waals surface area contributed by atoms with Crippen LogP contribution in [0.1, 0.15) is 37.4 Å². The molecule has 4 heteroatoms. The van der Waals surface area contributed by atoms with Crippen molar-refractivity contribution in [2.24, 2.45) is 5.92 Å². The third-order valence-electron chi connectivity index (χ3n) is 3.91. The zero-order chi connectivity index (χ0) is 13.0. The smallest absolute Gasteiger partial charge is 0.225 e. The maximum Gasteiger partial charge on any atom is 0.225 e. The predicted octanol–water partition coefficient (Wildman–Crippen LogP) is 2.13. The Balaban J connectivity index is 2.03. The van der Waals surface area contributed by atoms with Gasteiger partial charge in [-0.15, -0.1) is 0 Å². The predicted molar refractivity (Wildman–Crippen MR) is 74.8 cm³/mol. The van der Waals surface area contributed by atoms with Gasteiger partial charge in [0.15, 0.2) is 0 Å². The van der Waals surface area contributed by atoms with Crippen LogP contribution in [0, 0.1) is 12.8 Å². The van der Waals surface area contributed by atoms with Gasteiger partial charge in [-0.2, -0.15) is 0 Å². The Morgan fingerprint density at radius 2 is 2.11 bits per heavy atom. The number of rotatable bonds is 4. The third kappa shape index (κ3) is 2.99. The van der Waals surface area contributed by atoms with Gasteiger partial charge in [0.1, 0.15) is 0 Å². The molecule has 0 atom stereocenters. The SMILES string of the molecule is CCC1CCN(c2ncc(CNC)c(C)n2)CC1. The Labute approximate surface area is 110 Å². The van der Waals surface area contributed by atoms with Crippen LogP contribution in [0.15, 0.2) is 6.20 Å². The third-order valence-corrected chi connectivity index (χ3v) is 3.91. The van der Waals surface area contributed by atoms with E-state index in [1.54, 1.807) is 0 Å². The summed E-state index contributed by atoms with van der Waals surface area (Å²) in [4.78, 5) is 11.5. The quantitative estimate of drug-likeness (QED) is 0.886. The van der Waals surface area contributed by atoms with E-state index in [0.717, 1.165) is 37.2 Å². The summed E-state index contributed by atoms with van der Waals surface area (Å²) >= 11 is 0. The van der Waals surface area contributed by atoms with E-state index in [0.29, 0.717) is 0 Å². The molecule has 1 N–H and O–H groups in total. The molecular formula is C14H24N4. The minimum Gasteiger partial charge on any atom is -0.341 e. The molecule has 0 unspecified atom stereocenters. The molecule has 4 nitrogen and oxygen atoms in total. The van der Waals surface area contributed by atoms with Gasteiger partial charge in [-0.1, -0.05) is 13.3 Å². The first-order valence-corrected chi connectivity index (χ1v) is 6.96. The highest BCUT2D eigenvalue weighted by atomic mass is 15.2. The topological polar surface area (TPSA) is 41.1 Å². The molecule has 1 fully saturated rings. The van der Waals surface area contributed by atoms with Gasteiger partial charge in [0.25, 0.3) is 0 Å². The number of nitrogens with one attached hydrogen (secondary N) is 1. The number of anilines is 1. The fourth-order valence-corrected chi connectivity index (χ4v) is 2.54. The van der Waals surface area contributed by atoms with E-state index in [1.807, 2.05) is 13.2 Å². The van der Waals surface area contributed by atoms with Crippen LogP contribution >= 0.6 is 0 Å². The van der Waals surface area contributed by atoms with E-state index in [1.165, 1.54) is 24.8 Å². The average molecular weight is 248 g/mol. The molecule has 1 aromatic rings. The molecule has 0 spiro atoms. The Hall–Kier alpha value is -1.16. The lowest BCUT2D eigenvalue weighted by Gasteiger charge is -2.31. The zero-order valence-corrected chi connectivity index (χ0v) is 11.7. The van der Waals surface area contributed by atoms with Crippen LogP contribution in [0.2, 0.25) is 0 Å². The standard InChI is InChI=1S/C14H24N4/c1-4-12-5-7-18(8-6-12)14-16-10-13(9-15-3)11(2)17-14/h10,12,15H,4-9H2,1-3H3. The summed E-state index contributed by atoms with van der Waals surface area (Å²) < 4.78 is 0. The van der Waals surface area contributed by atoms with Crippen LogP contribution in [-0.2, 0) is 6.54 Å². The second-order valence-electron chi connectivity index (χ2n) is 5.15. The van der Waals surface area contributed by atoms with E-state index in [2.05, 4.69) is 34.0 Å². The molecular weight excluding hydrogens is 224 g/mol. The molecule has 0 aliphatic carbocycles. The number of hydrogen-bond donors (Lipinski definition) is 1. The van der Waals surface area contributed by atoms with Crippen molar-refractivity contribution in [1.29, 1.82) is 0 Å².